The molecule has 18 heavy (non-hydrogen) atoms. The first-order valence-corrected chi connectivity index (χ1v) is 7.29. The highest BCUT2D eigenvalue weighted by Gasteiger charge is 2.24. The van der Waals surface area contributed by atoms with E-state index in [4.69, 9.17) is 5.11 Å². The van der Waals surface area contributed by atoms with Crippen LogP contribution in [-0.2, 0) is 24.3 Å². The van der Waals surface area contributed by atoms with Crippen LogP contribution in [0.4, 0.5) is 0 Å². The second kappa shape index (κ2) is 8.04. The monoisotopic (exact) mass is 281 g/mol. The van der Waals surface area contributed by atoms with Crippen molar-refractivity contribution in [3.8, 4) is 0 Å². The van der Waals surface area contributed by atoms with Crippen LogP contribution in [-0.4, -0.2) is 55.2 Å². The summed E-state index contributed by atoms with van der Waals surface area (Å²) in [4.78, 5) is 21.6. The van der Waals surface area contributed by atoms with Crippen molar-refractivity contribution in [2.24, 2.45) is 0 Å². The molecule has 0 aliphatic carbocycles. The Kier molecular flexibility index (Phi) is 7.53. The van der Waals surface area contributed by atoms with E-state index in [9.17, 15) is 18.0 Å². The van der Waals surface area contributed by atoms with Crippen LogP contribution < -0.4 is 0 Å². The summed E-state index contributed by atoms with van der Waals surface area (Å²) in [6.07, 6.45) is 0.0527. The molecule has 0 amide bonds. The fraction of sp³-hybridized carbons (Fsp3) is 0.800. The normalized spacial score (nSPS) is 11.5. The highest BCUT2D eigenvalue weighted by molar-refractivity contribution is 7.89. The molecule has 0 aromatic rings. The van der Waals surface area contributed by atoms with Gasteiger partial charge < -0.3 is 9.84 Å². The van der Waals surface area contributed by atoms with Crippen molar-refractivity contribution in [3.05, 3.63) is 0 Å². The van der Waals surface area contributed by atoms with E-state index >= 15 is 0 Å². The van der Waals surface area contributed by atoms with Crippen LogP contribution in [0.3, 0.4) is 0 Å². The first kappa shape index (κ1) is 16.9. The van der Waals surface area contributed by atoms with Gasteiger partial charge in [-0.25, -0.2) is 8.42 Å². The van der Waals surface area contributed by atoms with E-state index in [1.54, 1.807) is 13.8 Å². The number of aliphatic carboxylic acids is 1. The van der Waals surface area contributed by atoms with Crippen LogP contribution in [0.25, 0.3) is 0 Å². The molecule has 0 radical (unpaired) electrons. The molecule has 0 saturated carbocycles. The average Bonchev–Trinajstić information content (AvgIpc) is 2.26. The summed E-state index contributed by atoms with van der Waals surface area (Å²) in [6, 6.07) is 0. The molecule has 0 unspecified atom stereocenters. The Bertz CT molecular complexity index is 378. The minimum absolute atomic E-state index is 0.167. The summed E-state index contributed by atoms with van der Waals surface area (Å²) in [5.41, 5.74) is 0. The molecule has 0 rings (SSSR count). The van der Waals surface area contributed by atoms with Gasteiger partial charge in [0.05, 0.1) is 18.8 Å². The lowest BCUT2D eigenvalue weighted by Gasteiger charge is -2.20. The van der Waals surface area contributed by atoms with Gasteiger partial charge in [-0.2, -0.15) is 4.31 Å². The fourth-order valence-corrected chi connectivity index (χ4v) is 2.72. The number of ether oxygens (including phenoxy) is 1. The maximum atomic E-state index is 11.8. The molecule has 106 valence electrons. The molecule has 0 fully saturated rings. The summed E-state index contributed by atoms with van der Waals surface area (Å²) in [6.45, 7) is 3.37. The second-order valence-electron chi connectivity index (χ2n) is 3.60. The highest BCUT2D eigenvalue weighted by Crippen LogP contribution is 2.05. The van der Waals surface area contributed by atoms with Gasteiger partial charge in [-0.15, -0.1) is 0 Å². The molecule has 0 aliphatic heterocycles. The molecule has 8 heteroatoms. The maximum Gasteiger partial charge on any atom is 0.321 e. The third-order valence-electron chi connectivity index (χ3n) is 2.05. The molecule has 0 aliphatic rings. The zero-order valence-corrected chi connectivity index (χ0v) is 11.4. The van der Waals surface area contributed by atoms with Gasteiger partial charge in [-0.05, 0) is 13.3 Å². The van der Waals surface area contributed by atoms with E-state index in [0.717, 1.165) is 4.31 Å². The van der Waals surface area contributed by atoms with Crippen LogP contribution in [0, 0.1) is 0 Å². The van der Waals surface area contributed by atoms with Crippen LogP contribution in [0.2, 0.25) is 0 Å². The molecule has 0 saturated heterocycles. The zero-order chi connectivity index (χ0) is 14.2. The Morgan fingerprint density at radius 2 is 1.89 bits per heavy atom. The van der Waals surface area contributed by atoms with Gasteiger partial charge in [-0.3, -0.25) is 9.59 Å². The van der Waals surface area contributed by atoms with Crippen LogP contribution in [0.1, 0.15) is 26.7 Å². The molecule has 0 aromatic heterocycles. The van der Waals surface area contributed by atoms with Gasteiger partial charge in [0.2, 0.25) is 10.0 Å². The number of carbonyl (C=O) groups excluding carboxylic acids is 1. The number of carboxylic acids is 1. The number of carboxylic acid groups (broad SMARTS) is 1. The van der Waals surface area contributed by atoms with Gasteiger partial charge in [0, 0.05) is 6.54 Å². The van der Waals surface area contributed by atoms with E-state index < -0.39 is 34.1 Å². The largest absolute Gasteiger partial charge is 0.481 e. The van der Waals surface area contributed by atoms with Crippen molar-refractivity contribution in [2.45, 2.75) is 26.7 Å². The Balaban J connectivity index is 4.65. The molecule has 7 nitrogen and oxygen atoms in total. The van der Waals surface area contributed by atoms with E-state index in [1.807, 2.05) is 0 Å². The van der Waals surface area contributed by atoms with Crippen molar-refractivity contribution >= 4 is 22.0 Å². The number of esters is 1. The Hall–Kier alpha value is -1.15. The van der Waals surface area contributed by atoms with Gasteiger partial charge in [0.15, 0.2) is 0 Å². The summed E-state index contributed by atoms with van der Waals surface area (Å²) in [5.74, 6) is -2.34. The maximum absolute atomic E-state index is 11.8. The predicted molar refractivity (Wildman–Crippen MR) is 64.5 cm³/mol. The van der Waals surface area contributed by atoms with Gasteiger partial charge in [0.25, 0.3) is 0 Å². The number of rotatable bonds is 9. The average molecular weight is 281 g/mol. The van der Waals surface area contributed by atoms with E-state index in [1.165, 1.54) is 0 Å². The summed E-state index contributed by atoms with van der Waals surface area (Å²) >= 11 is 0. The number of hydrogen-bond acceptors (Lipinski definition) is 5. The van der Waals surface area contributed by atoms with E-state index in [-0.39, 0.29) is 19.7 Å². The van der Waals surface area contributed by atoms with Crippen molar-refractivity contribution in [3.63, 3.8) is 0 Å². The first-order chi connectivity index (χ1) is 8.33. The van der Waals surface area contributed by atoms with Gasteiger partial charge in [-0.1, -0.05) is 6.92 Å². The standard InChI is InChI=1S/C10H19NO6S/c1-3-6-11(8-10(14)17-4-2)18(15,16)7-5-9(12)13/h3-8H2,1-2H3,(H,12,13). The number of carbonyl (C=O) groups is 2. The lowest BCUT2D eigenvalue weighted by Crippen LogP contribution is -2.38. The van der Waals surface area contributed by atoms with Crippen LogP contribution in [0.15, 0.2) is 0 Å². The Morgan fingerprint density at radius 1 is 1.28 bits per heavy atom. The summed E-state index contributed by atoms with van der Waals surface area (Å²) in [5, 5.41) is 8.48. The Labute approximate surface area is 107 Å². The third kappa shape index (κ3) is 6.55. The van der Waals surface area contributed by atoms with Gasteiger partial charge in [0.1, 0.15) is 6.54 Å². The van der Waals surface area contributed by atoms with Crippen molar-refractivity contribution in [1.29, 1.82) is 0 Å². The third-order valence-corrected chi connectivity index (χ3v) is 3.87. The van der Waals surface area contributed by atoms with E-state index in [2.05, 4.69) is 4.74 Å². The predicted octanol–water partition coefficient (Wildman–Crippen LogP) is 0.0660. The van der Waals surface area contributed by atoms with Gasteiger partial charge >= 0.3 is 11.9 Å². The van der Waals surface area contributed by atoms with Crippen LogP contribution in [0.5, 0.6) is 0 Å². The lowest BCUT2D eigenvalue weighted by atomic mass is 10.5. The van der Waals surface area contributed by atoms with Crippen molar-refractivity contribution in [1.82, 2.24) is 4.31 Å². The van der Waals surface area contributed by atoms with Crippen molar-refractivity contribution < 1.29 is 27.9 Å². The highest BCUT2D eigenvalue weighted by atomic mass is 32.2. The number of hydrogen-bond donors (Lipinski definition) is 1. The number of nitrogens with zero attached hydrogens (tertiary/aromatic N) is 1. The first-order valence-electron chi connectivity index (χ1n) is 5.68. The fourth-order valence-electron chi connectivity index (χ4n) is 1.26. The molecule has 1 N–H and O–H groups in total. The van der Waals surface area contributed by atoms with Crippen molar-refractivity contribution in [2.75, 3.05) is 25.4 Å². The molecule has 0 bridgehead atoms. The summed E-state index contributed by atoms with van der Waals surface area (Å²) in [7, 11) is -3.74. The summed E-state index contributed by atoms with van der Waals surface area (Å²) < 4.78 is 29.3. The molecule has 0 spiro atoms. The topological polar surface area (TPSA) is 101 Å². The zero-order valence-electron chi connectivity index (χ0n) is 10.6. The lowest BCUT2D eigenvalue weighted by molar-refractivity contribution is -0.143. The quantitative estimate of drug-likeness (QED) is 0.600. The molecule has 0 atom stereocenters. The molecular formula is C10H19NO6S. The second-order valence-corrected chi connectivity index (χ2v) is 5.69. The minimum atomic E-state index is -3.74. The van der Waals surface area contributed by atoms with E-state index in [0.29, 0.717) is 6.42 Å². The molecule has 0 heterocycles. The minimum Gasteiger partial charge on any atom is -0.481 e. The molecule has 0 aromatic carbocycles. The Morgan fingerprint density at radius 3 is 2.33 bits per heavy atom. The SMILES string of the molecule is CCCN(CC(=O)OCC)S(=O)(=O)CCC(=O)O. The smallest absolute Gasteiger partial charge is 0.321 e. The molecular weight excluding hydrogens is 262 g/mol. The van der Waals surface area contributed by atoms with Crippen LogP contribution >= 0.6 is 0 Å². The number of sulfonamides is 1.